The number of likely N-dealkylation sites (N-methyl/N-ethyl adjacent to an activating group) is 1. The molecule has 1 aromatic carbocycles. The molecule has 14 heavy (non-hydrogen) atoms. The first kappa shape index (κ1) is 11.5. The van der Waals surface area contributed by atoms with Crippen molar-refractivity contribution in [1.29, 1.82) is 0 Å². The summed E-state index contributed by atoms with van der Waals surface area (Å²) >= 11 is 0.592. The Kier molecular flexibility index (Phi) is 4.90. The fourth-order valence-electron chi connectivity index (χ4n) is 1.15. The topological polar surface area (TPSA) is 12.0 Å². The second-order valence-electron chi connectivity index (χ2n) is 2.88. The van der Waals surface area contributed by atoms with Crippen LogP contribution in [0.4, 0.5) is 8.78 Å². The van der Waals surface area contributed by atoms with Crippen LogP contribution < -0.4 is 5.32 Å². The van der Waals surface area contributed by atoms with Crippen molar-refractivity contribution in [2.75, 3.05) is 13.6 Å². The van der Waals surface area contributed by atoms with Gasteiger partial charge in [0.1, 0.15) is 0 Å². The van der Waals surface area contributed by atoms with Crippen LogP contribution in [0, 0.1) is 0 Å². The Labute approximate surface area is 86.9 Å². The van der Waals surface area contributed by atoms with E-state index in [1.165, 1.54) is 0 Å². The predicted molar refractivity (Wildman–Crippen MR) is 55.9 cm³/mol. The molecule has 1 aromatic rings. The molecule has 0 amide bonds. The van der Waals surface area contributed by atoms with Gasteiger partial charge >= 0.3 is 0 Å². The molecule has 1 N–H and O–H groups in total. The Hall–Kier alpha value is -0.610. The van der Waals surface area contributed by atoms with E-state index in [4.69, 9.17) is 0 Å². The van der Waals surface area contributed by atoms with Gasteiger partial charge in [0.05, 0.1) is 0 Å². The zero-order valence-electron chi connectivity index (χ0n) is 7.97. The molecule has 0 saturated carbocycles. The Morgan fingerprint density at radius 1 is 1.43 bits per heavy atom. The summed E-state index contributed by atoms with van der Waals surface area (Å²) in [4.78, 5) is 0.633. The standard InChI is InChI=1S/C10H13F2NS/c1-13-6-5-8-3-2-4-9(7-8)14-10(11)12/h2-4,7,10,13H,5-6H2,1H3. The molecular formula is C10H13F2NS. The lowest BCUT2D eigenvalue weighted by Crippen LogP contribution is -2.10. The number of halogens is 2. The van der Waals surface area contributed by atoms with E-state index in [2.05, 4.69) is 5.32 Å². The molecule has 0 unspecified atom stereocenters. The van der Waals surface area contributed by atoms with E-state index in [0.29, 0.717) is 16.7 Å². The van der Waals surface area contributed by atoms with Crippen LogP contribution in [0.2, 0.25) is 0 Å². The number of hydrogen-bond acceptors (Lipinski definition) is 2. The van der Waals surface area contributed by atoms with Crippen LogP contribution in [0.25, 0.3) is 0 Å². The normalized spacial score (nSPS) is 10.9. The predicted octanol–water partition coefficient (Wildman–Crippen LogP) is 2.76. The highest BCUT2D eigenvalue weighted by Crippen LogP contribution is 2.25. The lowest BCUT2D eigenvalue weighted by atomic mass is 10.1. The van der Waals surface area contributed by atoms with Gasteiger partial charge in [0, 0.05) is 4.90 Å². The summed E-state index contributed by atoms with van der Waals surface area (Å²) in [5, 5.41) is 3.02. The van der Waals surface area contributed by atoms with Gasteiger partial charge in [0.25, 0.3) is 5.76 Å². The highest BCUT2D eigenvalue weighted by Gasteiger charge is 2.05. The van der Waals surface area contributed by atoms with Crippen LogP contribution in [-0.2, 0) is 6.42 Å². The molecule has 0 heterocycles. The van der Waals surface area contributed by atoms with E-state index in [9.17, 15) is 8.78 Å². The number of hydrogen-bond donors (Lipinski definition) is 1. The summed E-state index contributed by atoms with van der Waals surface area (Å²) in [6.45, 7) is 0.864. The van der Waals surface area contributed by atoms with Gasteiger partial charge < -0.3 is 5.32 Å². The summed E-state index contributed by atoms with van der Waals surface area (Å²) in [5.74, 6) is -2.34. The van der Waals surface area contributed by atoms with Gasteiger partial charge in [-0.05, 0) is 37.7 Å². The summed E-state index contributed by atoms with van der Waals surface area (Å²) in [6.07, 6.45) is 0.869. The van der Waals surface area contributed by atoms with Crippen LogP contribution in [-0.4, -0.2) is 19.3 Å². The molecule has 0 aliphatic rings. The highest BCUT2D eigenvalue weighted by atomic mass is 32.2. The molecule has 0 fully saturated rings. The molecule has 0 aromatic heterocycles. The van der Waals surface area contributed by atoms with Crippen molar-refractivity contribution in [2.45, 2.75) is 17.1 Å². The second-order valence-corrected chi connectivity index (χ2v) is 3.94. The molecule has 78 valence electrons. The zero-order chi connectivity index (χ0) is 10.4. The monoisotopic (exact) mass is 217 g/mol. The second kappa shape index (κ2) is 5.98. The number of nitrogens with one attached hydrogen (secondary N) is 1. The van der Waals surface area contributed by atoms with Gasteiger partial charge in [-0.3, -0.25) is 0 Å². The first-order valence-electron chi connectivity index (χ1n) is 4.40. The van der Waals surface area contributed by atoms with E-state index in [0.717, 1.165) is 18.5 Å². The molecule has 0 aliphatic heterocycles. The summed E-state index contributed by atoms with van der Waals surface area (Å²) in [5.41, 5.74) is 1.09. The Bertz CT molecular complexity index is 279. The first-order chi connectivity index (χ1) is 6.72. The fraction of sp³-hybridized carbons (Fsp3) is 0.400. The number of benzene rings is 1. The molecule has 0 atom stereocenters. The summed E-state index contributed by atoms with van der Waals surface area (Å²) in [6, 6.07) is 7.29. The maximum absolute atomic E-state index is 12.1. The van der Waals surface area contributed by atoms with Gasteiger partial charge in [0.15, 0.2) is 0 Å². The van der Waals surface area contributed by atoms with Crippen LogP contribution in [0.3, 0.4) is 0 Å². The lowest BCUT2D eigenvalue weighted by molar-refractivity contribution is 0.252. The minimum absolute atomic E-state index is 0.592. The maximum atomic E-state index is 12.1. The molecule has 4 heteroatoms. The van der Waals surface area contributed by atoms with Crippen LogP contribution in [0.5, 0.6) is 0 Å². The molecule has 0 saturated heterocycles. The van der Waals surface area contributed by atoms with Crippen molar-refractivity contribution >= 4 is 11.8 Å². The van der Waals surface area contributed by atoms with Crippen LogP contribution in [0.1, 0.15) is 5.56 Å². The van der Waals surface area contributed by atoms with Crippen molar-refractivity contribution in [3.05, 3.63) is 29.8 Å². The van der Waals surface area contributed by atoms with E-state index >= 15 is 0 Å². The van der Waals surface area contributed by atoms with E-state index in [1.807, 2.05) is 25.2 Å². The van der Waals surface area contributed by atoms with E-state index in [-0.39, 0.29) is 0 Å². The van der Waals surface area contributed by atoms with Gasteiger partial charge in [-0.15, -0.1) is 0 Å². The lowest BCUT2D eigenvalue weighted by Gasteiger charge is -2.04. The molecule has 1 rings (SSSR count). The molecule has 0 spiro atoms. The highest BCUT2D eigenvalue weighted by molar-refractivity contribution is 7.99. The minimum atomic E-state index is -2.34. The van der Waals surface area contributed by atoms with Gasteiger partial charge in [0.2, 0.25) is 0 Å². The minimum Gasteiger partial charge on any atom is -0.319 e. The first-order valence-corrected chi connectivity index (χ1v) is 5.28. The third kappa shape index (κ3) is 4.07. The zero-order valence-corrected chi connectivity index (χ0v) is 8.78. The van der Waals surface area contributed by atoms with E-state index in [1.54, 1.807) is 6.07 Å². The van der Waals surface area contributed by atoms with Gasteiger partial charge in [-0.1, -0.05) is 23.9 Å². The Morgan fingerprint density at radius 2 is 2.21 bits per heavy atom. The molecule has 0 radical (unpaired) electrons. The van der Waals surface area contributed by atoms with Gasteiger partial charge in [-0.2, -0.15) is 8.78 Å². The average molecular weight is 217 g/mol. The van der Waals surface area contributed by atoms with Crippen molar-refractivity contribution in [1.82, 2.24) is 5.32 Å². The van der Waals surface area contributed by atoms with Crippen molar-refractivity contribution < 1.29 is 8.78 Å². The maximum Gasteiger partial charge on any atom is 0.288 e. The van der Waals surface area contributed by atoms with Crippen molar-refractivity contribution in [2.24, 2.45) is 0 Å². The number of alkyl halides is 2. The Balaban J connectivity index is 2.59. The third-order valence-corrected chi connectivity index (χ3v) is 2.49. The average Bonchev–Trinajstić information content (AvgIpc) is 2.14. The molecule has 0 aliphatic carbocycles. The third-order valence-electron chi connectivity index (χ3n) is 1.79. The number of thioether (sulfide) groups is 1. The fourth-order valence-corrected chi connectivity index (χ4v) is 1.73. The molecule has 1 nitrogen and oxygen atoms in total. The van der Waals surface area contributed by atoms with Crippen molar-refractivity contribution in [3.63, 3.8) is 0 Å². The van der Waals surface area contributed by atoms with Crippen molar-refractivity contribution in [3.8, 4) is 0 Å². The van der Waals surface area contributed by atoms with Gasteiger partial charge in [-0.25, -0.2) is 0 Å². The number of rotatable bonds is 5. The van der Waals surface area contributed by atoms with Crippen LogP contribution in [0.15, 0.2) is 29.2 Å². The quantitative estimate of drug-likeness (QED) is 0.761. The smallest absolute Gasteiger partial charge is 0.288 e. The van der Waals surface area contributed by atoms with E-state index < -0.39 is 5.76 Å². The largest absolute Gasteiger partial charge is 0.319 e. The Morgan fingerprint density at radius 3 is 2.86 bits per heavy atom. The summed E-state index contributed by atoms with van der Waals surface area (Å²) in [7, 11) is 1.87. The summed E-state index contributed by atoms with van der Waals surface area (Å²) < 4.78 is 24.1. The SMILES string of the molecule is CNCCc1cccc(SC(F)F)c1. The molecule has 0 bridgehead atoms. The molecular weight excluding hydrogens is 204 g/mol. The van der Waals surface area contributed by atoms with Crippen LogP contribution >= 0.6 is 11.8 Å².